The van der Waals surface area contributed by atoms with E-state index >= 15 is 0 Å². The zero-order chi connectivity index (χ0) is 45.1. The van der Waals surface area contributed by atoms with Gasteiger partial charge in [-0.2, -0.15) is 0 Å². The van der Waals surface area contributed by atoms with Gasteiger partial charge in [0.25, 0.3) is 0 Å². The number of carbonyl (C=O) groups is 1. The second kappa shape index (κ2) is 42.1. The third-order valence-electron chi connectivity index (χ3n) is 16.4. The summed E-state index contributed by atoms with van der Waals surface area (Å²) in [5, 5.41) is 3.88. The van der Waals surface area contributed by atoms with Gasteiger partial charge in [-0.05, 0) is 57.5 Å². The Morgan fingerprint density at radius 2 is 0.609 bits per heavy atom. The molecule has 0 amide bonds. The molecule has 1 N–H and O–H groups in total. The Labute approximate surface area is 401 Å². The Morgan fingerprint density at radius 3 is 0.875 bits per heavy atom. The molecule has 0 unspecified atom stereocenters. The Morgan fingerprint density at radius 1 is 0.344 bits per heavy atom. The number of hydrogen-bond acceptors (Lipinski definition) is 4. The van der Waals surface area contributed by atoms with Crippen molar-refractivity contribution in [2.75, 3.05) is 32.8 Å². The van der Waals surface area contributed by atoms with E-state index in [1.807, 2.05) is 6.92 Å². The fourth-order valence-corrected chi connectivity index (χ4v) is 11.7. The summed E-state index contributed by atoms with van der Waals surface area (Å²) in [5.74, 6) is -0.109. The minimum atomic E-state index is -0.109. The number of cyclic esters (lactones) is 1. The third kappa shape index (κ3) is 31.1. The maximum absolute atomic E-state index is 12.1. The van der Waals surface area contributed by atoms with Crippen LogP contribution in [0.3, 0.4) is 0 Å². The molecule has 0 aromatic heterocycles. The number of ether oxygens (including phenoxy) is 1. The fourth-order valence-electron chi connectivity index (χ4n) is 11.7. The van der Waals surface area contributed by atoms with Gasteiger partial charge in [0.05, 0.1) is 11.3 Å². The van der Waals surface area contributed by atoms with E-state index in [0.29, 0.717) is 12.0 Å². The van der Waals surface area contributed by atoms with Crippen LogP contribution in [0.5, 0.6) is 0 Å². The smallest absolute Gasteiger partial charge is 0.335 e. The van der Waals surface area contributed by atoms with Crippen LogP contribution in [0.25, 0.3) is 0 Å². The number of esters is 1. The highest BCUT2D eigenvalue weighted by Crippen LogP contribution is 2.41. The Kier molecular flexibility index (Phi) is 37.7. The van der Waals surface area contributed by atoms with Crippen molar-refractivity contribution in [3.8, 4) is 0 Å². The van der Waals surface area contributed by atoms with Gasteiger partial charge in [0, 0.05) is 13.1 Å². The van der Waals surface area contributed by atoms with Crippen molar-refractivity contribution in [3.63, 3.8) is 0 Å². The molecular formula is C60H114N2O2. The molecule has 4 nitrogen and oxygen atoms in total. The molecule has 0 aromatic rings. The summed E-state index contributed by atoms with van der Waals surface area (Å²) in [7, 11) is 0. The molecule has 3 heterocycles. The summed E-state index contributed by atoms with van der Waals surface area (Å²) in [5.41, 5.74) is 2.46. The lowest BCUT2D eigenvalue weighted by atomic mass is 9.71. The summed E-state index contributed by atoms with van der Waals surface area (Å²) in [6, 6.07) is 0. The minimum Gasteiger partial charge on any atom is -0.456 e. The van der Waals surface area contributed by atoms with Gasteiger partial charge in [-0.1, -0.05) is 289 Å². The minimum absolute atomic E-state index is 0.109. The molecule has 0 aromatic carbocycles. The number of piperidine rings is 1. The number of nitrogens with zero attached hydrogens (tertiary/aromatic N) is 1. The van der Waals surface area contributed by atoms with Gasteiger partial charge >= 0.3 is 5.97 Å². The van der Waals surface area contributed by atoms with Crippen LogP contribution in [0.2, 0.25) is 0 Å². The van der Waals surface area contributed by atoms with E-state index in [-0.39, 0.29) is 5.97 Å². The van der Waals surface area contributed by atoms with E-state index in [9.17, 15) is 4.79 Å². The lowest BCUT2D eigenvalue weighted by Gasteiger charge is -2.43. The quantitative estimate of drug-likeness (QED) is 0.266. The lowest BCUT2D eigenvalue weighted by molar-refractivity contribution is -0.136. The molecule has 2 fully saturated rings. The Bertz CT molecular complexity index is 1010. The molecule has 0 bridgehead atoms. The fraction of sp³-hybridized carbons (Fsp3) is 0.950. The average molecular weight is 896 g/mol. The first kappa shape index (κ1) is 57.3. The van der Waals surface area contributed by atoms with E-state index < -0.39 is 0 Å². The normalized spacial score (nSPS) is 25.1. The Balaban J connectivity index is 1.25. The van der Waals surface area contributed by atoms with Gasteiger partial charge in [0.2, 0.25) is 0 Å². The van der Waals surface area contributed by atoms with E-state index in [2.05, 4.69) is 10.2 Å². The van der Waals surface area contributed by atoms with Gasteiger partial charge in [0.1, 0.15) is 6.61 Å². The van der Waals surface area contributed by atoms with Crippen molar-refractivity contribution < 1.29 is 9.53 Å². The molecule has 376 valence electrons. The average Bonchev–Trinajstić information content (AvgIpc) is 3.64. The topological polar surface area (TPSA) is 41.6 Å². The molecule has 0 atom stereocenters. The van der Waals surface area contributed by atoms with Crippen LogP contribution in [0.15, 0.2) is 11.3 Å². The van der Waals surface area contributed by atoms with Crippen molar-refractivity contribution in [3.05, 3.63) is 11.3 Å². The molecule has 4 heteroatoms. The molecule has 0 aliphatic carbocycles. The number of rotatable bonds is 1. The van der Waals surface area contributed by atoms with Crippen LogP contribution < -0.4 is 5.32 Å². The first-order valence-corrected chi connectivity index (χ1v) is 30.0. The molecule has 0 radical (unpaired) electrons. The maximum atomic E-state index is 12.1. The van der Waals surface area contributed by atoms with E-state index in [0.717, 1.165) is 24.4 Å². The number of carbonyl (C=O) groups excluding carboxylic acids is 1. The van der Waals surface area contributed by atoms with Crippen LogP contribution >= 0.6 is 0 Å². The van der Waals surface area contributed by atoms with E-state index in [1.54, 1.807) is 0 Å². The van der Waals surface area contributed by atoms with Crippen LogP contribution in [0.4, 0.5) is 0 Å². The number of nitrogens with one attached hydrogen (secondary N) is 1. The predicted octanol–water partition coefficient (Wildman–Crippen LogP) is 19.2. The molecule has 3 aliphatic heterocycles. The van der Waals surface area contributed by atoms with Crippen LogP contribution in [0.1, 0.15) is 328 Å². The van der Waals surface area contributed by atoms with Crippen molar-refractivity contribution in [1.82, 2.24) is 10.2 Å². The van der Waals surface area contributed by atoms with Gasteiger partial charge in [0.15, 0.2) is 0 Å². The van der Waals surface area contributed by atoms with Crippen LogP contribution in [-0.2, 0) is 9.53 Å². The van der Waals surface area contributed by atoms with Crippen molar-refractivity contribution in [2.24, 2.45) is 5.41 Å². The molecule has 1 spiro atoms. The largest absolute Gasteiger partial charge is 0.456 e. The molecule has 2 saturated heterocycles. The highest BCUT2D eigenvalue weighted by Gasteiger charge is 2.36. The first-order chi connectivity index (χ1) is 31.7. The van der Waals surface area contributed by atoms with Crippen LogP contribution in [0, 0.1) is 5.41 Å². The SMILES string of the molecule is CC1=C(N2CCC3(CCCCCCCCCCCCCCCCCCCCCCCCCCCCCCCCCCCCCCCCCCCCCCCCNCC3)CC2)COC1=O. The summed E-state index contributed by atoms with van der Waals surface area (Å²) in [4.78, 5) is 14.6. The second-order valence-corrected chi connectivity index (χ2v) is 22.1. The summed E-state index contributed by atoms with van der Waals surface area (Å²) >= 11 is 0. The van der Waals surface area contributed by atoms with E-state index in [4.69, 9.17) is 4.74 Å². The highest BCUT2D eigenvalue weighted by atomic mass is 16.5. The summed E-state index contributed by atoms with van der Waals surface area (Å²) in [6.07, 6.45) is 72.6. The number of likely N-dealkylation sites (tertiary alicyclic amines) is 1. The lowest BCUT2D eigenvalue weighted by Crippen LogP contribution is -2.41. The molecular weight excluding hydrogens is 781 g/mol. The molecule has 3 rings (SSSR count). The second-order valence-electron chi connectivity index (χ2n) is 22.1. The monoisotopic (exact) mass is 895 g/mol. The van der Waals surface area contributed by atoms with Crippen molar-refractivity contribution in [1.29, 1.82) is 0 Å². The third-order valence-corrected chi connectivity index (χ3v) is 16.4. The molecule has 64 heavy (non-hydrogen) atoms. The zero-order valence-electron chi connectivity index (χ0n) is 43.7. The summed E-state index contributed by atoms with van der Waals surface area (Å²) in [6.45, 7) is 6.98. The highest BCUT2D eigenvalue weighted by molar-refractivity contribution is 5.90. The standard InChI is InChI=1S/C60H114N2O2/c1-57-58(56-64-59(57)63)62-54-50-60(51-55-62)48-46-44-42-40-38-36-34-32-30-28-26-24-22-20-18-16-14-12-10-8-6-4-2-3-5-7-9-11-13-15-17-19-21-23-25-27-29-31-33-35-37-39-41-43-45-47-52-61-53-49-60/h61H,2-56H2,1H3. The van der Waals surface area contributed by atoms with Gasteiger partial charge in [-0.15, -0.1) is 0 Å². The van der Waals surface area contributed by atoms with Gasteiger partial charge in [-0.25, -0.2) is 4.79 Å². The molecule has 3 aliphatic rings. The van der Waals surface area contributed by atoms with E-state index in [1.165, 1.54) is 334 Å². The van der Waals surface area contributed by atoms with Gasteiger partial charge in [-0.3, -0.25) is 0 Å². The van der Waals surface area contributed by atoms with Gasteiger partial charge < -0.3 is 15.0 Å². The van der Waals surface area contributed by atoms with Crippen molar-refractivity contribution >= 4 is 5.97 Å². The Hall–Kier alpha value is -1.03. The van der Waals surface area contributed by atoms with Crippen molar-refractivity contribution in [2.45, 2.75) is 328 Å². The predicted molar refractivity (Wildman–Crippen MR) is 281 cm³/mol. The summed E-state index contributed by atoms with van der Waals surface area (Å²) < 4.78 is 5.38. The number of hydrogen-bond donors (Lipinski definition) is 1. The zero-order valence-corrected chi connectivity index (χ0v) is 43.7. The van der Waals surface area contributed by atoms with Crippen LogP contribution in [-0.4, -0.2) is 43.7 Å². The maximum Gasteiger partial charge on any atom is 0.335 e. The molecule has 0 saturated carbocycles. The first-order valence-electron chi connectivity index (χ1n) is 30.0.